The van der Waals surface area contributed by atoms with Crippen LogP contribution in [0.1, 0.15) is 58.4 Å². The number of fused-ring (bicyclic) bond motifs is 1. The average Bonchev–Trinajstić information content (AvgIpc) is 2.55. The van der Waals surface area contributed by atoms with Crippen LogP contribution < -0.4 is 5.32 Å². The molecule has 0 bridgehead atoms. The predicted molar refractivity (Wildman–Crippen MR) is 73.4 cm³/mol. The third kappa shape index (κ3) is 2.55. The van der Waals surface area contributed by atoms with E-state index in [0.29, 0.717) is 23.5 Å². The van der Waals surface area contributed by atoms with Gasteiger partial charge in [-0.25, -0.2) is 0 Å². The average molecular weight is 257 g/mol. The number of hydrogen-bond donors (Lipinski definition) is 1. The van der Waals surface area contributed by atoms with Crippen LogP contribution in [0, 0.1) is 5.92 Å². The number of rotatable bonds is 3. The fourth-order valence-electron chi connectivity index (χ4n) is 2.83. The quantitative estimate of drug-likeness (QED) is 0.846. The molecule has 0 atom stereocenters. The molecule has 0 unspecified atom stereocenters. The summed E-state index contributed by atoms with van der Waals surface area (Å²) in [6.07, 6.45) is 6.12. The summed E-state index contributed by atoms with van der Waals surface area (Å²) in [4.78, 5) is 24.1. The monoisotopic (exact) mass is 257 g/mol. The van der Waals surface area contributed by atoms with Gasteiger partial charge in [0.05, 0.1) is 0 Å². The van der Waals surface area contributed by atoms with Crippen molar-refractivity contribution >= 4 is 11.7 Å². The largest absolute Gasteiger partial charge is 0.352 e. The molecule has 1 aliphatic carbocycles. The van der Waals surface area contributed by atoms with Gasteiger partial charge >= 0.3 is 0 Å². The summed E-state index contributed by atoms with van der Waals surface area (Å²) in [5.41, 5.74) is 2.45. The molecule has 19 heavy (non-hydrogen) atoms. The van der Waals surface area contributed by atoms with E-state index in [1.807, 2.05) is 12.1 Å². The first-order valence-electron chi connectivity index (χ1n) is 7.18. The SMILES string of the molecule is O=C(CC1CCC1)c1ccc2c(c1)C(=O)NCCC2. The van der Waals surface area contributed by atoms with Gasteiger partial charge in [-0.3, -0.25) is 9.59 Å². The molecule has 1 fully saturated rings. The van der Waals surface area contributed by atoms with E-state index in [2.05, 4.69) is 5.32 Å². The lowest BCUT2D eigenvalue weighted by atomic mass is 9.80. The number of ketones is 1. The first-order chi connectivity index (χ1) is 9.24. The number of benzene rings is 1. The Morgan fingerprint density at radius 1 is 1.26 bits per heavy atom. The van der Waals surface area contributed by atoms with E-state index < -0.39 is 0 Å². The molecule has 2 aliphatic rings. The van der Waals surface area contributed by atoms with E-state index in [0.717, 1.165) is 24.9 Å². The molecule has 3 heteroatoms. The van der Waals surface area contributed by atoms with Crippen molar-refractivity contribution < 1.29 is 9.59 Å². The van der Waals surface area contributed by atoms with Crippen molar-refractivity contribution in [1.29, 1.82) is 0 Å². The molecule has 1 N–H and O–H groups in total. The van der Waals surface area contributed by atoms with Gasteiger partial charge in [0.1, 0.15) is 0 Å². The normalized spacial score (nSPS) is 19.1. The van der Waals surface area contributed by atoms with Gasteiger partial charge in [-0.1, -0.05) is 31.4 Å². The Balaban J connectivity index is 1.82. The molecule has 3 rings (SSSR count). The summed E-state index contributed by atoms with van der Waals surface area (Å²) < 4.78 is 0. The number of carbonyl (C=O) groups is 2. The Hall–Kier alpha value is -1.64. The van der Waals surface area contributed by atoms with Gasteiger partial charge in [-0.15, -0.1) is 0 Å². The zero-order valence-electron chi connectivity index (χ0n) is 11.1. The molecule has 1 amide bonds. The maximum Gasteiger partial charge on any atom is 0.251 e. The first kappa shape index (κ1) is 12.4. The minimum Gasteiger partial charge on any atom is -0.352 e. The van der Waals surface area contributed by atoms with Gasteiger partial charge in [-0.2, -0.15) is 0 Å². The predicted octanol–water partition coefficient (Wildman–Crippen LogP) is 2.74. The first-order valence-corrected chi connectivity index (χ1v) is 7.18. The highest BCUT2D eigenvalue weighted by molar-refractivity contribution is 6.01. The highest BCUT2D eigenvalue weighted by Gasteiger charge is 2.23. The molecule has 0 radical (unpaired) electrons. The van der Waals surface area contributed by atoms with Crippen molar-refractivity contribution in [3.63, 3.8) is 0 Å². The van der Waals surface area contributed by atoms with Gasteiger partial charge in [0.25, 0.3) is 5.91 Å². The maximum absolute atomic E-state index is 12.2. The third-order valence-electron chi connectivity index (χ3n) is 4.28. The Bertz CT molecular complexity index is 517. The van der Waals surface area contributed by atoms with Crippen LogP contribution in [0.25, 0.3) is 0 Å². The van der Waals surface area contributed by atoms with Gasteiger partial charge in [0.2, 0.25) is 0 Å². The van der Waals surface area contributed by atoms with Gasteiger partial charge < -0.3 is 5.32 Å². The third-order valence-corrected chi connectivity index (χ3v) is 4.28. The minimum atomic E-state index is -0.0363. The number of amides is 1. The van der Waals surface area contributed by atoms with Gasteiger partial charge in [-0.05, 0) is 30.4 Å². The van der Waals surface area contributed by atoms with E-state index in [9.17, 15) is 9.59 Å². The summed E-state index contributed by atoms with van der Waals surface area (Å²) in [6.45, 7) is 0.721. The van der Waals surface area contributed by atoms with Crippen LogP contribution in [0.5, 0.6) is 0 Å². The minimum absolute atomic E-state index is 0.0363. The lowest BCUT2D eigenvalue weighted by Gasteiger charge is -2.24. The molecule has 1 aliphatic heterocycles. The van der Waals surface area contributed by atoms with Crippen molar-refractivity contribution in [2.45, 2.75) is 38.5 Å². The van der Waals surface area contributed by atoms with Crippen LogP contribution >= 0.6 is 0 Å². The summed E-state index contributed by atoms with van der Waals surface area (Å²) in [5.74, 6) is 0.718. The second-order valence-electron chi connectivity index (χ2n) is 5.66. The molecule has 100 valence electrons. The fraction of sp³-hybridized carbons (Fsp3) is 0.500. The van der Waals surface area contributed by atoms with Crippen LogP contribution in [0.3, 0.4) is 0 Å². The topological polar surface area (TPSA) is 46.2 Å². The summed E-state index contributed by atoms with van der Waals surface area (Å²) >= 11 is 0. The highest BCUT2D eigenvalue weighted by atomic mass is 16.1. The highest BCUT2D eigenvalue weighted by Crippen LogP contribution is 2.30. The molecule has 1 aromatic carbocycles. The zero-order valence-corrected chi connectivity index (χ0v) is 11.1. The maximum atomic E-state index is 12.2. The summed E-state index contributed by atoms with van der Waals surface area (Å²) in [5, 5.41) is 2.88. The van der Waals surface area contributed by atoms with Crippen LogP contribution in [-0.4, -0.2) is 18.2 Å². The van der Waals surface area contributed by atoms with Crippen LogP contribution in [-0.2, 0) is 6.42 Å². The Kier molecular flexibility index (Phi) is 3.36. The van der Waals surface area contributed by atoms with Crippen LogP contribution in [0.4, 0.5) is 0 Å². The van der Waals surface area contributed by atoms with Crippen molar-refractivity contribution in [2.75, 3.05) is 6.54 Å². The molecule has 0 saturated heterocycles. The Labute approximate surface area is 113 Å². The number of aryl methyl sites for hydroxylation is 1. The standard InChI is InChI=1S/C16H19NO2/c18-15(9-11-3-1-4-11)13-7-6-12-5-2-8-17-16(19)14(12)10-13/h6-7,10-11H,1-5,8-9H2,(H,17,19). The summed E-state index contributed by atoms with van der Waals surface area (Å²) in [7, 11) is 0. The summed E-state index contributed by atoms with van der Waals surface area (Å²) in [6, 6.07) is 5.63. The molecular weight excluding hydrogens is 238 g/mol. The molecular formula is C16H19NO2. The van der Waals surface area contributed by atoms with E-state index in [1.165, 1.54) is 19.3 Å². The van der Waals surface area contributed by atoms with Crippen LogP contribution in [0.2, 0.25) is 0 Å². The molecule has 1 heterocycles. The number of hydrogen-bond acceptors (Lipinski definition) is 2. The molecule has 0 aromatic heterocycles. The van der Waals surface area contributed by atoms with E-state index in [-0.39, 0.29) is 11.7 Å². The zero-order chi connectivity index (χ0) is 13.2. The van der Waals surface area contributed by atoms with Gasteiger partial charge in [0, 0.05) is 24.1 Å². The van der Waals surface area contributed by atoms with Crippen molar-refractivity contribution in [3.8, 4) is 0 Å². The molecule has 0 spiro atoms. The number of carbonyl (C=O) groups excluding carboxylic acids is 2. The van der Waals surface area contributed by atoms with Crippen LogP contribution in [0.15, 0.2) is 18.2 Å². The number of nitrogens with one attached hydrogen (secondary N) is 1. The molecule has 3 nitrogen and oxygen atoms in total. The lowest BCUT2D eigenvalue weighted by Crippen LogP contribution is -2.23. The van der Waals surface area contributed by atoms with E-state index >= 15 is 0 Å². The van der Waals surface area contributed by atoms with E-state index in [1.54, 1.807) is 6.07 Å². The van der Waals surface area contributed by atoms with Crippen molar-refractivity contribution in [1.82, 2.24) is 5.32 Å². The van der Waals surface area contributed by atoms with E-state index in [4.69, 9.17) is 0 Å². The second kappa shape index (κ2) is 5.16. The smallest absolute Gasteiger partial charge is 0.251 e. The van der Waals surface area contributed by atoms with Crippen molar-refractivity contribution in [2.24, 2.45) is 5.92 Å². The molecule has 1 saturated carbocycles. The lowest BCUT2D eigenvalue weighted by molar-refractivity contribution is 0.0936. The number of Topliss-reactive ketones (excluding diaryl/α,β-unsaturated/α-hetero) is 1. The Morgan fingerprint density at radius 2 is 2.11 bits per heavy atom. The van der Waals surface area contributed by atoms with Crippen molar-refractivity contribution in [3.05, 3.63) is 34.9 Å². The Morgan fingerprint density at radius 3 is 2.84 bits per heavy atom. The second-order valence-corrected chi connectivity index (χ2v) is 5.66. The molecule has 1 aromatic rings. The fourth-order valence-corrected chi connectivity index (χ4v) is 2.83. The van der Waals surface area contributed by atoms with Gasteiger partial charge in [0.15, 0.2) is 5.78 Å².